The number of halogens is 2. The first-order valence-electron chi connectivity index (χ1n) is 8.46. The van der Waals surface area contributed by atoms with Crippen molar-refractivity contribution >= 4 is 48.0 Å². The number of nitrogens with two attached hydrogens (primary N) is 1. The van der Waals surface area contributed by atoms with Crippen molar-refractivity contribution in [2.45, 2.75) is 39.8 Å². The fraction of sp³-hybridized carbons (Fsp3) is 0.647. The quantitative estimate of drug-likeness (QED) is 0.534. The molecule has 152 valence electrons. The van der Waals surface area contributed by atoms with Crippen molar-refractivity contribution in [1.82, 2.24) is 15.5 Å². The van der Waals surface area contributed by atoms with E-state index in [1.807, 2.05) is 19.2 Å². The van der Waals surface area contributed by atoms with Gasteiger partial charge in [-0.25, -0.2) is 0 Å². The van der Waals surface area contributed by atoms with Gasteiger partial charge in [-0.2, -0.15) is 11.3 Å². The highest BCUT2D eigenvalue weighted by Gasteiger charge is 2.20. The minimum atomic E-state index is -0.591. The van der Waals surface area contributed by atoms with Crippen LogP contribution >= 0.6 is 36.2 Å². The van der Waals surface area contributed by atoms with E-state index in [1.165, 1.54) is 5.56 Å². The van der Waals surface area contributed by atoms with Crippen LogP contribution in [0.5, 0.6) is 0 Å². The predicted octanol–water partition coefficient (Wildman–Crippen LogP) is 2.19. The number of amides is 2. The Hall–Kier alpha value is -0.860. The maximum absolute atomic E-state index is 12.0. The lowest BCUT2D eigenvalue weighted by Crippen LogP contribution is -2.48. The number of likely N-dealkylation sites (N-methyl/N-ethyl adjacent to an activating group) is 1. The average molecular weight is 427 g/mol. The standard InChI is InChI=1S/C17H30N4O2S.2ClH/c1-5-21(6-2)14(13-7-8-24-11-13)9-19-15(22)10-20-17(23)16(18)12(3)4;;/h7-8,11-12,14,16H,5-6,9-10,18H2,1-4H3,(H,19,22)(H,20,23);2*1H/t14?,16-;;/m0../s1. The summed E-state index contributed by atoms with van der Waals surface area (Å²) in [5.74, 6) is -0.455. The van der Waals surface area contributed by atoms with Crippen LogP contribution in [0.2, 0.25) is 0 Å². The van der Waals surface area contributed by atoms with Gasteiger partial charge >= 0.3 is 0 Å². The van der Waals surface area contributed by atoms with Crippen molar-refractivity contribution in [3.05, 3.63) is 22.4 Å². The van der Waals surface area contributed by atoms with Crippen LogP contribution in [-0.2, 0) is 9.59 Å². The number of carbonyl (C=O) groups is 2. The molecule has 26 heavy (non-hydrogen) atoms. The highest BCUT2D eigenvalue weighted by molar-refractivity contribution is 7.07. The van der Waals surface area contributed by atoms with E-state index in [0.29, 0.717) is 6.54 Å². The summed E-state index contributed by atoms with van der Waals surface area (Å²) in [6.45, 7) is 10.3. The maximum atomic E-state index is 12.0. The number of thiophene rings is 1. The first-order chi connectivity index (χ1) is 11.4. The summed E-state index contributed by atoms with van der Waals surface area (Å²) >= 11 is 1.65. The zero-order chi connectivity index (χ0) is 18.1. The van der Waals surface area contributed by atoms with Crippen LogP contribution in [0.25, 0.3) is 0 Å². The minimum absolute atomic E-state index is 0. The van der Waals surface area contributed by atoms with Crippen molar-refractivity contribution in [2.24, 2.45) is 11.7 Å². The second-order valence-electron chi connectivity index (χ2n) is 6.09. The van der Waals surface area contributed by atoms with Gasteiger partial charge in [0.2, 0.25) is 11.8 Å². The fourth-order valence-corrected chi connectivity index (χ4v) is 3.15. The summed E-state index contributed by atoms with van der Waals surface area (Å²) < 4.78 is 0. The molecule has 0 spiro atoms. The molecule has 1 aromatic heterocycles. The van der Waals surface area contributed by atoms with Crippen LogP contribution in [-0.4, -0.2) is 48.9 Å². The fourth-order valence-electron chi connectivity index (χ4n) is 2.45. The van der Waals surface area contributed by atoms with Gasteiger partial charge in [0.1, 0.15) is 0 Å². The molecule has 0 saturated heterocycles. The summed E-state index contributed by atoms with van der Waals surface area (Å²) in [5.41, 5.74) is 6.96. The Kier molecular flexibility index (Phi) is 15.0. The van der Waals surface area contributed by atoms with E-state index in [-0.39, 0.29) is 55.1 Å². The molecule has 0 aliphatic heterocycles. The molecule has 0 aliphatic rings. The minimum Gasteiger partial charge on any atom is -0.353 e. The smallest absolute Gasteiger partial charge is 0.239 e. The van der Waals surface area contributed by atoms with E-state index in [2.05, 4.69) is 40.8 Å². The zero-order valence-corrected chi connectivity index (χ0v) is 18.3. The number of hydrogen-bond donors (Lipinski definition) is 3. The molecule has 2 atom stereocenters. The van der Waals surface area contributed by atoms with Crippen LogP contribution in [0.4, 0.5) is 0 Å². The lowest BCUT2D eigenvalue weighted by Gasteiger charge is -2.29. The molecule has 2 amide bonds. The SMILES string of the molecule is CCN(CC)C(CNC(=O)CNC(=O)[C@@H](N)C(C)C)c1ccsc1.Cl.Cl. The molecule has 6 nitrogen and oxygen atoms in total. The molecular weight excluding hydrogens is 395 g/mol. The molecule has 1 unspecified atom stereocenters. The van der Waals surface area contributed by atoms with E-state index in [9.17, 15) is 9.59 Å². The molecule has 1 heterocycles. The number of rotatable bonds is 10. The normalized spacial score (nSPS) is 12.7. The van der Waals surface area contributed by atoms with Crippen molar-refractivity contribution < 1.29 is 9.59 Å². The van der Waals surface area contributed by atoms with Crippen LogP contribution in [0, 0.1) is 5.92 Å². The number of carbonyl (C=O) groups excluding carboxylic acids is 2. The first-order valence-corrected chi connectivity index (χ1v) is 9.41. The molecular formula is C17H32Cl2N4O2S. The van der Waals surface area contributed by atoms with Crippen LogP contribution < -0.4 is 16.4 Å². The van der Waals surface area contributed by atoms with Gasteiger partial charge in [0.25, 0.3) is 0 Å². The van der Waals surface area contributed by atoms with Gasteiger partial charge in [0.15, 0.2) is 0 Å². The van der Waals surface area contributed by atoms with Gasteiger partial charge in [-0.3, -0.25) is 14.5 Å². The Morgan fingerprint density at radius 3 is 2.27 bits per heavy atom. The van der Waals surface area contributed by atoms with Gasteiger partial charge in [0.05, 0.1) is 18.6 Å². The van der Waals surface area contributed by atoms with Crippen molar-refractivity contribution in [1.29, 1.82) is 0 Å². The topological polar surface area (TPSA) is 87.5 Å². The third kappa shape index (κ3) is 8.68. The molecule has 1 rings (SSSR count). The van der Waals surface area contributed by atoms with Gasteiger partial charge < -0.3 is 16.4 Å². The monoisotopic (exact) mass is 426 g/mol. The van der Waals surface area contributed by atoms with E-state index in [4.69, 9.17) is 5.73 Å². The van der Waals surface area contributed by atoms with Gasteiger partial charge in [-0.1, -0.05) is 27.7 Å². The molecule has 0 aromatic carbocycles. The van der Waals surface area contributed by atoms with Gasteiger partial charge in [0, 0.05) is 6.54 Å². The molecule has 0 radical (unpaired) electrons. The van der Waals surface area contributed by atoms with E-state index >= 15 is 0 Å². The Balaban J connectivity index is 0. The third-order valence-electron chi connectivity index (χ3n) is 4.12. The molecule has 0 saturated carbocycles. The molecule has 4 N–H and O–H groups in total. The Labute approximate surface area is 173 Å². The molecule has 9 heteroatoms. The molecule has 0 fully saturated rings. The maximum Gasteiger partial charge on any atom is 0.239 e. The second-order valence-corrected chi connectivity index (χ2v) is 6.87. The van der Waals surface area contributed by atoms with Crippen molar-refractivity contribution in [2.75, 3.05) is 26.2 Å². The summed E-state index contributed by atoms with van der Waals surface area (Å²) in [7, 11) is 0. The summed E-state index contributed by atoms with van der Waals surface area (Å²) in [5, 5.41) is 9.66. The molecule has 0 bridgehead atoms. The Morgan fingerprint density at radius 2 is 1.81 bits per heavy atom. The number of nitrogens with zero attached hydrogens (tertiary/aromatic N) is 1. The van der Waals surface area contributed by atoms with Crippen molar-refractivity contribution in [3.8, 4) is 0 Å². The highest BCUT2D eigenvalue weighted by Crippen LogP contribution is 2.22. The first kappa shape index (κ1) is 27.4. The summed E-state index contributed by atoms with van der Waals surface area (Å²) in [4.78, 5) is 26.1. The van der Waals surface area contributed by atoms with Gasteiger partial charge in [-0.15, -0.1) is 24.8 Å². The number of hydrogen-bond acceptors (Lipinski definition) is 5. The third-order valence-corrected chi connectivity index (χ3v) is 4.82. The Morgan fingerprint density at radius 1 is 1.19 bits per heavy atom. The van der Waals surface area contributed by atoms with Crippen LogP contribution in [0.15, 0.2) is 16.8 Å². The molecule has 0 aliphatic carbocycles. The lowest BCUT2D eigenvalue weighted by molar-refractivity contribution is -0.127. The van der Waals surface area contributed by atoms with E-state index in [1.54, 1.807) is 11.3 Å². The summed E-state index contributed by atoms with van der Waals surface area (Å²) in [6.07, 6.45) is 0. The van der Waals surface area contributed by atoms with Crippen LogP contribution in [0.1, 0.15) is 39.3 Å². The second kappa shape index (κ2) is 14.2. The zero-order valence-electron chi connectivity index (χ0n) is 15.9. The molecule has 1 aromatic rings. The highest BCUT2D eigenvalue weighted by atomic mass is 35.5. The van der Waals surface area contributed by atoms with Crippen LogP contribution in [0.3, 0.4) is 0 Å². The largest absolute Gasteiger partial charge is 0.353 e. The van der Waals surface area contributed by atoms with Crippen molar-refractivity contribution in [3.63, 3.8) is 0 Å². The van der Waals surface area contributed by atoms with E-state index < -0.39 is 6.04 Å². The lowest BCUT2D eigenvalue weighted by atomic mass is 10.1. The van der Waals surface area contributed by atoms with Gasteiger partial charge in [-0.05, 0) is 41.4 Å². The number of nitrogens with one attached hydrogen (secondary N) is 2. The summed E-state index contributed by atoms with van der Waals surface area (Å²) in [6, 6.07) is 1.64. The predicted molar refractivity (Wildman–Crippen MR) is 113 cm³/mol. The average Bonchev–Trinajstić information content (AvgIpc) is 3.09. The van der Waals surface area contributed by atoms with E-state index in [0.717, 1.165) is 13.1 Å². The Bertz CT molecular complexity index is 511.